The molecule has 2 aliphatic rings. The van der Waals surface area contributed by atoms with Gasteiger partial charge in [-0.2, -0.15) is 5.10 Å². The Bertz CT molecular complexity index is 1190. The van der Waals surface area contributed by atoms with Gasteiger partial charge in [-0.1, -0.05) is 17.7 Å². The fraction of sp³-hybridized carbons (Fsp3) is 0.304. The van der Waals surface area contributed by atoms with Gasteiger partial charge in [-0.15, -0.1) is 0 Å². The van der Waals surface area contributed by atoms with Gasteiger partial charge in [-0.05, 0) is 36.4 Å². The standard InChI is InChI=1S/C23H21ClN4O5/c24-17-2-1-3-19(14-17)27-21(15-20(25-27)16-4-6-18(7-5-16)28(30)31)22(29)26-10-8-23(9-11-26)32-12-13-33-23/h1-7,14-15H,8-13H2. The molecule has 1 amide bonds. The number of aromatic nitrogens is 2. The molecule has 0 unspecified atom stereocenters. The minimum absolute atomic E-state index is 0.0112. The molecule has 3 heterocycles. The highest BCUT2D eigenvalue weighted by molar-refractivity contribution is 6.30. The fourth-order valence-corrected chi connectivity index (χ4v) is 4.42. The van der Waals surface area contributed by atoms with Crippen LogP contribution in [0.4, 0.5) is 5.69 Å². The molecule has 2 fully saturated rings. The van der Waals surface area contributed by atoms with Gasteiger partial charge in [-0.3, -0.25) is 14.9 Å². The number of carbonyl (C=O) groups excluding carboxylic acids is 1. The summed E-state index contributed by atoms with van der Waals surface area (Å²) in [6.45, 7) is 2.17. The van der Waals surface area contributed by atoms with Crippen LogP contribution < -0.4 is 0 Å². The molecule has 2 saturated heterocycles. The van der Waals surface area contributed by atoms with Gasteiger partial charge >= 0.3 is 0 Å². The van der Waals surface area contributed by atoms with Crippen molar-refractivity contribution in [2.24, 2.45) is 0 Å². The predicted octanol–water partition coefficient (Wildman–Crippen LogP) is 4.08. The molecule has 33 heavy (non-hydrogen) atoms. The predicted molar refractivity (Wildman–Crippen MR) is 120 cm³/mol. The lowest BCUT2D eigenvalue weighted by Crippen LogP contribution is -2.47. The van der Waals surface area contributed by atoms with E-state index in [1.54, 1.807) is 46.0 Å². The molecule has 170 valence electrons. The summed E-state index contributed by atoms with van der Waals surface area (Å²) in [7, 11) is 0. The molecule has 0 atom stereocenters. The molecule has 0 aliphatic carbocycles. The third-order valence-electron chi connectivity index (χ3n) is 5.98. The van der Waals surface area contributed by atoms with Gasteiger partial charge in [0.1, 0.15) is 5.69 Å². The second-order valence-corrected chi connectivity index (χ2v) is 8.45. The number of carbonyl (C=O) groups is 1. The van der Waals surface area contributed by atoms with Gasteiger partial charge in [0, 0.05) is 48.6 Å². The summed E-state index contributed by atoms with van der Waals surface area (Å²) in [5.74, 6) is -0.739. The maximum Gasteiger partial charge on any atom is 0.272 e. The lowest BCUT2D eigenvalue weighted by Gasteiger charge is -2.37. The number of rotatable bonds is 4. The van der Waals surface area contributed by atoms with Gasteiger partial charge in [0.05, 0.1) is 29.5 Å². The first-order valence-electron chi connectivity index (χ1n) is 10.6. The molecule has 1 spiro atoms. The highest BCUT2D eigenvalue weighted by Gasteiger charge is 2.41. The van der Waals surface area contributed by atoms with Crippen LogP contribution in [0, 0.1) is 10.1 Å². The van der Waals surface area contributed by atoms with Crippen molar-refractivity contribution in [2.45, 2.75) is 18.6 Å². The number of non-ortho nitro benzene ring substituents is 1. The summed E-state index contributed by atoms with van der Waals surface area (Å²) >= 11 is 6.19. The first-order valence-corrected chi connectivity index (χ1v) is 11.0. The lowest BCUT2D eigenvalue weighted by molar-refractivity contribution is -0.384. The molecule has 0 radical (unpaired) electrons. The summed E-state index contributed by atoms with van der Waals surface area (Å²) in [6.07, 6.45) is 1.22. The van der Waals surface area contributed by atoms with E-state index < -0.39 is 10.7 Å². The highest BCUT2D eigenvalue weighted by Crippen LogP contribution is 2.32. The highest BCUT2D eigenvalue weighted by atomic mass is 35.5. The molecule has 3 aromatic rings. The Balaban J connectivity index is 1.48. The van der Waals surface area contributed by atoms with E-state index in [-0.39, 0.29) is 11.6 Å². The SMILES string of the molecule is O=C(c1cc(-c2ccc([N+](=O)[O-])cc2)nn1-c1cccc(Cl)c1)N1CCC2(CC1)OCCO2. The van der Waals surface area contributed by atoms with Crippen LogP contribution in [0.3, 0.4) is 0 Å². The Hall–Kier alpha value is -3.27. The van der Waals surface area contributed by atoms with E-state index in [1.807, 2.05) is 6.07 Å². The second-order valence-electron chi connectivity index (χ2n) is 8.01. The molecule has 0 N–H and O–H groups in total. The van der Waals surface area contributed by atoms with Crippen LogP contribution in [-0.4, -0.2) is 57.6 Å². The van der Waals surface area contributed by atoms with Gasteiger partial charge in [-0.25, -0.2) is 4.68 Å². The van der Waals surface area contributed by atoms with E-state index in [4.69, 9.17) is 21.1 Å². The summed E-state index contributed by atoms with van der Waals surface area (Å²) in [4.78, 5) is 25.8. The number of hydrogen-bond acceptors (Lipinski definition) is 6. The van der Waals surface area contributed by atoms with Crippen LogP contribution in [0.2, 0.25) is 5.02 Å². The van der Waals surface area contributed by atoms with Gasteiger partial charge < -0.3 is 14.4 Å². The number of piperidine rings is 1. The third-order valence-corrected chi connectivity index (χ3v) is 6.22. The van der Waals surface area contributed by atoms with E-state index in [0.29, 0.717) is 66.8 Å². The smallest absolute Gasteiger partial charge is 0.272 e. The van der Waals surface area contributed by atoms with Gasteiger partial charge in [0.25, 0.3) is 11.6 Å². The lowest BCUT2D eigenvalue weighted by atomic mass is 10.0. The molecular weight excluding hydrogens is 448 g/mol. The van der Waals surface area contributed by atoms with Crippen molar-refractivity contribution >= 4 is 23.2 Å². The number of nitro benzene ring substituents is 1. The number of ether oxygens (including phenoxy) is 2. The van der Waals surface area contributed by atoms with Crippen molar-refractivity contribution in [3.8, 4) is 16.9 Å². The van der Waals surface area contributed by atoms with Gasteiger partial charge in [0.15, 0.2) is 5.79 Å². The van der Waals surface area contributed by atoms with Crippen LogP contribution >= 0.6 is 11.6 Å². The molecule has 2 aromatic carbocycles. The Morgan fingerprint density at radius 1 is 1.06 bits per heavy atom. The number of nitrogens with zero attached hydrogens (tertiary/aromatic N) is 4. The van der Waals surface area contributed by atoms with Crippen molar-refractivity contribution in [3.05, 3.63) is 75.4 Å². The molecule has 10 heteroatoms. The van der Waals surface area contributed by atoms with Crippen molar-refractivity contribution in [1.82, 2.24) is 14.7 Å². The van der Waals surface area contributed by atoms with Crippen LogP contribution in [0.5, 0.6) is 0 Å². The number of hydrogen-bond donors (Lipinski definition) is 0. The zero-order chi connectivity index (χ0) is 23.0. The Morgan fingerprint density at radius 3 is 2.39 bits per heavy atom. The summed E-state index contributed by atoms with van der Waals surface area (Å²) in [5, 5.41) is 16.2. The zero-order valence-electron chi connectivity index (χ0n) is 17.6. The van der Waals surface area contributed by atoms with Crippen LogP contribution in [0.1, 0.15) is 23.3 Å². The quantitative estimate of drug-likeness (QED) is 0.422. The topological polar surface area (TPSA) is 99.7 Å². The molecular formula is C23H21ClN4O5. The average molecular weight is 469 g/mol. The third kappa shape index (κ3) is 4.22. The van der Waals surface area contributed by atoms with E-state index >= 15 is 0 Å². The number of likely N-dealkylation sites (tertiary alicyclic amines) is 1. The second kappa shape index (κ2) is 8.58. The maximum absolute atomic E-state index is 13.5. The number of benzene rings is 2. The number of halogens is 1. The number of nitro groups is 1. The molecule has 9 nitrogen and oxygen atoms in total. The minimum Gasteiger partial charge on any atom is -0.347 e. The van der Waals surface area contributed by atoms with E-state index in [0.717, 1.165) is 0 Å². The zero-order valence-corrected chi connectivity index (χ0v) is 18.4. The van der Waals surface area contributed by atoms with Crippen molar-refractivity contribution in [2.75, 3.05) is 26.3 Å². The van der Waals surface area contributed by atoms with E-state index in [9.17, 15) is 14.9 Å². The first kappa shape index (κ1) is 21.6. The maximum atomic E-state index is 13.5. The van der Waals surface area contributed by atoms with Crippen LogP contribution in [0.15, 0.2) is 54.6 Å². The van der Waals surface area contributed by atoms with Crippen molar-refractivity contribution in [3.63, 3.8) is 0 Å². The summed E-state index contributed by atoms with van der Waals surface area (Å²) in [6, 6.07) is 14.9. The van der Waals surface area contributed by atoms with Crippen molar-refractivity contribution in [1.29, 1.82) is 0 Å². The summed E-state index contributed by atoms with van der Waals surface area (Å²) in [5.41, 5.74) is 2.22. The van der Waals surface area contributed by atoms with Crippen molar-refractivity contribution < 1.29 is 19.2 Å². The van der Waals surface area contributed by atoms with Crippen LogP contribution in [-0.2, 0) is 9.47 Å². The summed E-state index contributed by atoms with van der Waals surface area (Å²) < 4.78 is 13.1. The molecule has 1 aromatic heterocycles. The fourth-order valence-electron chi connectivity index (χ4n) is 4.23. The normalized spacial score (nSPS) is 17.4. The Kier molecular flexibility index (Phi) is 5.61. The molecule has 0 bridgehead atoms. The van der Waals surface area contributed by atoms with E-state index in [2.05, 4.69) is 5.10 Å². The average Bonchev–Trinajstić information content (AvgIpc) is 3.47. The molecule has 2 aliphatic heterocycles. The first-order chi connectivity index (χ1) is 15.9. The largest absolute Gasteiger partial charge is 0.347 e. The van der Waals surface area contributed by atoms with Crippen LogP contribution in [0.25, 0.3) is 16.9 Å². The Labute approximate surface area is 194 Å². The van der Waals surface area contributed by atoms with Gasteiger partial charge in [0.2, 0.25) is 0 Å². The molecule has 0 saturated carbocycles. The Morgan fingerprint density at radius 2 is 1.76 bits per heavy atom. The molecule has 5 rings (SSSR count). The van der Waals surface area contributed by atoms with E-state index in [1.165, 1.54) is 12.1 Å². The monoisotopic (exact) mass is 468 g/mol. The minimum atomic E-state index is -0.576. The number of amides is 1.